The van der Waals surface area contributed by atoms with E-state index in [1.54, 1.807) is 12.3 Å². The maximum Gasteiger partial charge on any atom is 0.416 e. The van der Waals surface area contributed by atoms with Gasteiger partial charge in [-0.2, -0.15) is 13.2 Å². The zero-order valence-corrected chi connectivity index (χ0v) is 17.5. The molecule has 0 aliphatic heterocycles. The lowest BCUT2D eigenvalue weighted by Gasteiger charge is -2.21. The number of amides is 1. The molecule has 32 heavy (non-hydrogen) atoms. The van der Waals surface area contributed by atoms with Gasteiger partial charge in [0.1, 0.15) is 0 Å². The normalized spacial score (nSPS) is 13.6. The molecule has 0 bridgehead atoms. The average Bonchev–Trinajstić information content (AvgIpc) is 3.21. The van der Waals surface area contributed by atoms with Crippen LogP contribution >= 0.6 is 0 Å². The molecular weight excluding hydrogens is 413 g/mol. The van der Waals surface area contributed by atoms with Gasteiger partial charge < -0.3 is 10.3 Å². The zero-order chi connectivity index (χ0) is 22.7. The summed E-state index contributed by atoms with van der Waals surface area (Å²) in [4.78, 5) is 16.1. The molecule has 0 radical (unpaired) electrons. The van der Waals surface area contributed by atoms with Crippen LogP contribution < -0.4 is 5.32 Å². The number of halogens is 3. The molecular formula is C26H23F3N2O. The Kier molecular flexibility index (Phi) is 6.04. The first-order valence-electron chi connectivity index (χ1n) is 10.4. The molecule has 0 saturated carbocycles. The summed E-state index contributed by atoms with van der Waals surface area (Å²) in [5.74, 6) is -0.759. The van der Waals surface area contributed by atoms with E-state index >= 15 is 0 Å². The van der Waals surface area contributed by atoms with Gasteiger partial charge in [0.2, 0.25) is 5.91 Å². The lowest BCUT2D eigenvalue weighted by molar-refractivity contribution is -0.137. The van der Waals surface area contributed by atoms with E-state index in [2.05, 4.69) is 10.3 Å². The van der Waals surface area contributed by atoms with Gasteiger partial charge in [0.05, 0.1) is 11.6 Å². The maximum atomic E-state index is 13.4. The molecule has 4 aromatic rings. The van der Waals surface area contributed by atoms with Gasteiger partial charge in [-0.05, 0) is 35.7 Å². The van der Waals surface area contributed by atoms with E-state index in [0.29, 0.717) is 5.56 Å². The number of benzene rings is 3. The van der Waals surface area contributed by atoms with Crippen molar-refractivity contribution >= 4 is 16.8 Å². The van der Waals surface area contributed by atoms with Gasteiger partial charge in [-0.3, -0.25) is 4.79 Å². The third-order valence-electron chi connectivity index (χ3n) is 5.68. The highest BCUT2D eigenvalue weighted by Gasteiger charge is 2.32. The topological polar surface area (TPSA) is 44.9 Å². The number of para-hydroxylation sites is 1. The molecule has 1 amide bonds. The molecule has 1 aromatic heterocycles. The highest BCUT2D eigenvalue weighted by Crippen LogP contribution is 2.37. The minimum absolute atomic E-state index is 0.0281. The van der Waals surface area contributed by atoms with Crippen LogP contribution in [0.5, 0.6) is 0 Å². The van der Waals surface area contributed by atoms with E-state index in [4.69, 9.17) is 0 Å². The predicted molar refractivity (Wildman–Crippen MR) is 119 cm³/mol. The fraction of sp³-hybridized carbons (Fsp3) is 0.192. The van der Waals surface area contributed by atoms with E-state index < -0.39 is 17.7 Å². The van der Waals surface area contributed by atoms with Crippen LogP contribution in [-0.2, 0) is 11.0 Å². The Labute approximate surface area is 184 Å². The van der Waals surface area contributed by atoms with E-state index in [1.807, 2.05) is 61.5 Å². The molecule has 3 nitrogen and oxygen atoms in total. The van der Waals surface area contributed by atoms with E-state index in [1.165, 1.54) is 6.07 Å². The molecule has 0 spiro atoms. The Morgan fingerprint density at radius 1 is 0.938 bits per heavy atom. The minimum Gasteiger partial charge on any atom is -0.361 e. The van der Waals surface area contributed by atoms with Crippen molar-refractivity contribution in [3.05, 3.63) is 107 Å². The molecule has 0 fully saturated rings. The van der Waals surface area contributed by atoms with Gasteiger partial charge >= 0.3 is 6.18 Å². The first kappa shape index (κ1) is 21.7. The van der Waals surface area contributed by atoms with Gasteiger partial charge in [0, 0.05) is 29.4 Å². The average molecular weight is 436 g/mol. The Morgan fingerprint density at radius 2 is 1.62 bits per heavy atom. The van der Waals surface area contributed by atoms with Crippen molar-refractivity contribution in [3.63, 3.8) is 0 Å². The van der Waals surface area contributed by atoms with Crippen molar-refractivity contribution in [1.82, 2.24) is 10.3 Å². The van der Waals surface area contributed by atoms with Crippen LogP contribution in [0.1, 0.15) is 47.6 Å². The van der Waals surface area contributed by atoms with Crippen LogP contribution in [0.2, 0.25) is 0 Å². The predicted octanol–water partition coefficient (Wildman–Crippen LogP) is 6.59. The molecule has 2 atom stereocenters. The van der Waals surface area contributed by atoms with Gasteiger partial charge in [-0.15, -0.1) is 0 Å². The number of hydrogen-bond donors (Lipinski definition) is 2. The number of rotatable bonds is 6. The number of alkyl halides is 3. The lowest BCUT2D eigenvalue weighted by Crippen LogP contribution is -2.28. The van der Waals surface area contributed by atoms with Crippen molar-refractivity contribution in [2.45, 2.75) is 31.5 Å². The molecule has 0 aliphatic carbocycles. The summed E-state index contributed by atoms with van der Waals surface area (Å²) in [6, 6.07) is 22.1. The highest BCUT2D eigenvalue weighted by atomic mass is 19.4. The standard InChI is InChI=1S/C26H23F3N2O/c1-17(18-8-3-2-4-9-18)31-25(32)15-22(19-10-7-11-20(14-19)26(27,28)29)23-16-30-24-13-6-5-12-21(23)24/h2-14,16-17,22,30H,15H2,1H3,(H,31,32)/t17-,22+/m0/s1. The second-order valence-corrected chi connectivity index (χ2v) is 7.87. The Bertz CT molecular complexity index is 1210. The molecule has 1 heterocycles. The zero-order valence-electron chi connectivity index (χ0n) is 17.5. The van der Waals surface area contributed by atoms with Gasteiger partial charge in [-0.25, -0.2) is 0 Å². The molecule has 164 valence electrons. The second-order valence-electron chi connectivity index (χ2n) is 7.87. The number of aromatic amines is 1. The summed E-state index contributed by atoms with van der Waals surface area (Å²) in [5, 5.41) is 3.87. The molecule has 0 aliphatic rings. The van der Waals surface area contributed by atoms with Crippen LogP contribution in [0.15, 0.2) is 85.1 Å². The third-order valence-corrected chi connectivity index (χ3v) is 5.68. The van der Waals surface area contributed by atoms with Crippen molar-refractivity contribution in [3.8, 4) is 0 Å². The molecule has 2 N–H and O–H groups in total. The SMILES string of the molecule is C[C@H](NC(=O)C[C@H](c1cccc(C(F)(F)F)c1)c1c[nH]c2ccccc12)c1ccccc1. The molecule has 4 rings (SSSR count). The summed E-state index contributed by atoms with van der Waals surface area (Å²) < 4.78 is 40.1. The third kappa shape index (κ3) is 4.69. The van der Waals surface area contributed by atoms with Crippen LogP contribution in [0, 0.1) is 0 Å². The number of fused-ring (bicyclic) bond motifs is 1. The monoisotopic (exact) mass is 436 g/mol. The number of nitrogens with one attached hydrogen (secondary N) is 2. The van der Waals surface area contributed by atoms with Gasteiger partial charge in [0.15, 0.2) is 0 Å². The molecule has 6 heteroatoms. The van der Waals surface area contributed by atoms with E-state index in [-0.39, 0.29) is 18.4 Å². The van der Waals surface area contributed by atoms with Gasteiger partial charge in [-0.1, -0.05) is 66.7 Å². The van der Waals surface area contributed by atoms with E-state index in [0.717, 1.165) is 34.2 Å². The smallest absolute Gasteiger partial charge is 0.361 e. The molecule has 0 unspecified atom stereocenters. The quantitative estimate of drug-likeness (QED) is 0.352. The first-order valence-corrected chi connectivity index (χ1v) is 10.4. The van der Waals surface area contributed by atoms with Crippen molar-refractivity contribution in [2.75, 3.05) is 0 Å². The number of hydrogen-bond acceptors (Lipinski definition) is 1. The van der Waals surface area contributed by atoms with Gasteiger partial charge in [0.25, 0.3) is 0 Å². The molecule has 0 saturated heterocycles. The highest BCUT2D eigenvalue weighted by molar-refractivity contribution is 5.86. The summed E-state index contributed by atoms with van der Waals surface area (Å²) >= 11 is 0. The minimum atomic E-state index is -4.45. The fourth-order valence-corrected chi connectivity index (χ4v) is 4.03. The summed E-state index contributed by atoms with van der Waals surface area (Å²) in [5.41, 5.74) is 2.36. The summed E-state index contributed by atoms with van der Waals surface area (Å²) in [7, 11) is 0. The number of aromatic nitrogens is 1. The number of H-pyrrole nitrogens is 1. The fourth-order valence-electron chi connectivity index (χ4n) is 4.03. The Morgan fingerprint density at radius 3 is 2.38 bits per heavy atom. The molecule has 3 aromatic carbocycles. The largest absolute Gasteiger partial charge is 0.416 e. The Hall–Kier alpha value is -3.54. The Balaban J connectivity index is 1.68. The number of carbonyl (C=O) groups excluding carboxylic acids is 1. The summed E-state index contributed by atoms with van der Waals surface area (Å²) in [6.07, 6.45) is -2.64. The summed E-state index contributed by atoms with van der Waals surface area (Å²) in [6.45, 7) is 1.89. The van der Waals surface area contributed by atoms with Crippen molar-refractivity contribution in [1.29, 1.82) is 0 Å². The number of carbonyl (C=O) groups is 1. The van der Waals surface area contributed by atoms with E-state index in [9.17, 15) is 18.0 Å². The van der Waals surface area contributed by atoms with Crippen LogP contribution in [0.25, 0.3) is 10.9 Å². The van der Waals surface area contributed by atoms with Crippen molar-refractivity contribution < 1.29 is 18.0 Å². The van der Waals surface area contributed by atoms with Crippen LogP contribution in [0.3, 0.4) is 0 Å². The van der Waals surface area contributed by atoms with Crippen molar-refractivity contribution in [2.24, 2.45) is 0 Å². The van der Waals surface area contributed by atoms with Crippen LogP contribution in [-0.4, -0.2) is 10.9 Å². The lowest BCUT2D eigenvalue weighted by atomic mass is 9.87. The maximum absolute atomic E-state index is 13.4. The second kappa shape index (κ2) is 8.91. The van der Waals surface area contributed by atoms with Crippen LogP contribution in [0.4, 0.5) is 13.2 Å². The first-order chi connectivity index (χ1) is 15.3.